The van der Waals surface area contributed by atoms with E-state index in [9.17, 15) is 14.4 Å². The Hall–Kier alpha value is -2.39. The quantitative estimate of drug-likeness (QED) is 0.543. The molecule has 0 fully saturated rings. The van der Waals surface area contributed by atoms with E-state index in [1.54, 1.807) is 12.1 Å². The summed E-state index contributed by atoms with van der Waals surface area (Å²) in [6.07, 6.45) is 1.66. The maximum atomic E-state index is 11.6. The van der Waals surface area contributed by atoms with E-state index in [0.29, 0.717) is 5.56 Å². The molecule has 140 valence electrons. The van der Waals surface area contributed by atoms with Gasteiger partial charge in [0.2, 0.25) is 0 Å². The first-order chi connectivity index (χ1) is 12.9. The number of rotatable bonds is 6. The van der Waals surface area contributed by atoms with Crippen molar-refractivity contribution in [2.24, 2.45) is 0 Å². The topological polar surface area (TPSA) is 66.8 Å². The van der Waals surface area contributed by atoms with Crippen molar-refractivity contribution < 1.29 is 18.9 Å². The molecule has 0 unspecified atom stereocenters. The van der Waals surface area contributed by atoms with Gasteiger partial charge in [0.25, 0.3) is 0 Å². The Balaban J connectivity index is 2.35. The van der Waals surface area contributed by atoms with Crippen LogP contribution in [0.3, 0.4) is 0 Å². The average molecular weight is 382 g/mol. The van der Waals surface area contributed by atoms with E-state index in [-0.39, 0.29) is 5.75 Å². The molecule has 3 aromatic rings. The second-order valence-corrected chi connectivity index (χ2v) is 7.45. The normalized spacial score (nSPS) is 11.4. The van der Waals surface area contributed by atoms with Crippen LogP contribution in [0.5, 0.6) is 5.75 Å². The third-order valence-corrected chi connectivity index (χ3v) is 5.03. The Morgan fingerprint density at radius 1 is 0.741 bits per heavy atom. The van der Waals surface area contributed by atoms with Crippen LogP contribution in [-0.4, -0.2) is 9.79 Å². The first-order valence-electron chi connectivity index (χ1n) is 8.99. The summed E-state index contributed by atoms with van der Waals surface area (Å²) in [6, 6.07) is 21.3. The number of phosphoric ester groups is 1. The van der Waals surface area contributed by atoms with Crippen LogP contribution in [-0.2, 0) is 17.4 Å². The molecule has 4 nitrogen and oxygen atoms in total. The lowest BCUT2D eigenvalue weighted by Gasteiger charge is -2.20. The van der Waals surface area contributed by atoms with Crippen LogP contribution in [0.25, 0.3) is 22.3 Å². The molecule has 0 aromatic heterocycles. The molecular formula is C22H23O4P. The standard InChI is InChI=1S/C22H23O4P/c1-3-16-10-5-7-12-18(16)20-14-9-15-21(26-27(23,24)25)22(20)19-13-8-6-11-17(19)4-2/h5-15H,3-4H2,1-2H3,(H2,23,24,25). The van der Waals surface area contributed by atoms with Gasteiger partial charge in [0.15, 0.2) is 0 Å². The molecule has 27 heavy (non-hydrogen) atoms. The molecule has 3 aromatic carbocycles. The highest BCUT2D eigenvalue weighted by atomic mass is 31.2. The van der Waals surface area contributed by atoms with Crippen molar-refractivity contribution in [3.05, 3.63) is 77.9 Å². The van der Waals surface area contributed by atoms with Gasteiger partial charge in [0.05, 0.1) is 0 Å². The lowest BCUT2D eigenvalue weighted by Crippen LogP contribution is -1.98. The summed E-state index contributed by atoms with van der Waals surface area (Å²) >= 11 is 0. The number of phosphoric acid groups is 1. The van der Waals surface area contributed by atoms with Crippen molar-refractivity contribution in [2.45, 2.75) is 26.7 Å². The van der Waals surface area contributed by atoms with Crippen LogP contribution in [0.1, 0.15) is 25.0 Å². The fraction of sp³-hybridized carbons (Fsp3) is 0.182. The molecule has 0 saturated heterocycles. The molecule has 0 spiro atoms. The summed E-state index contributed by atoms with van der Waals surface area (Å²) in [6.45, 7) is 4.15. The molecule has 5 heteroatoms. The van der Waals surface area contributed by atoms with Gasteiger partial charge in [0.1, 0.15) is 5.75 Å². The van der Waals surface area contributed by atoms with Crippen molar-refractivity contribution in [2.75, 3.05) is 0 Å². The van der Waals surface area contributed by atoms with Crippen LogP contribution in [0.15, 0.2) is 66.7 Å². The Morgan fingerprint density at radius 2 is 1.26 bits per heavy atom. The first kappa shape index (κ1) is 19.4. The SMILES string of the molecule is CCc1ccccc1-c1cccc(OP(=O)(O)O)c1-c1ccccc1CC. The lowest BCUT2D eigenvalue weighted by atomic mass is 9.88. The van der Waals surface area contributed by atoms with Gasteiger partial charge in [-0.25, -0.2) is 4.57 Å². The summed E-state index contributed by atoms with van der Waals surface area (Å²) in [4.78, 5) is 18.8. The predicted molar refractivity (Wildman–Crippen MR) is 109 cm³/mol. The Bertz CT molecular complexity index is 991. The highest BCUT2D eigenvalue weighted by Crippen LogP contribution is 2.47. The van der Waals surface area contributed by atoms with Crippen molar-refractivity contribution in [1.82, 2.24) is 0 Å². The smallest absolute Gasteiger partial charge is 0.404 e. The van der Waals surface area contributed by atoms with Crippen LogP contribution >= 0.6 is 7.82 Å². The molecule has 0 bridgehead atoms. The van der Waals surface area contributed by atoms with Gasteiger partial charge >= 0.3 is 7.82 Å². The summed E-state index contributed by atoms with van der Waals surface area (Å²) < 4.78 is 16.7. The summed E-state index contributed by atoms with van der Waals surface area (Å²) in [5, 5.41) is 0. The zero-order valence-corrected chi connectivity index (χ0v) is 16.3. The van der Waals surface area contributed by atoms with Gasteiger partial charge in [-0.05, 0) is 46.7 Å². The molecule has 0 heterocycles. The number of benzene rings is 3. The Morgan fingerprint density at radius 3 is 1.85 bits per heavy atom. The van der Waals surface area contributed by atoms with E-state index in [1.807, 2.05) is 48.5 Å². The van der Waals surface area contributed by atoms with Crippen LogP contribution in [0.4, 0.5) is 0 Å². The molecule has 0 aliphatic carbocycles. The highest BCUT2D eigenvalue weighted by Gasteiger charge is 2.23. The first-order valence-corrected chi connectivity index (χ1v) is 10.5. The zero-order valence-electron chi connectivity index (χ0n) is 15.4. The zero-order chi connectivity index (χ0) is 19.4. The fourth-order valence-corrected chi connectivity index (χ4v) is 3.81. The lowest BCUT2D eigenvalue weighted by molar-refractivity contribution is 0.283. The van der Waals surface area contributed by atoms with Crippen LogP contribution < -0.4 is 4.52 Å². The van der Waals surface area contributed by atoms with Crippen molar-refractivity contribution in [3.8, 4) is 28.0 Å². The minimum Gasteiger partial charge on any atom is -0.404 e. The van der Waals surface area contributed by atoms with Gasteiger partial charge in [-0.15, -0.1) is 0 Å². The van der Waals surface area contributed by atoms with E-state index in [1.165, 1.54) is 5.56 Å². The second kappa shape index (κ2) is 8.10. The minimum atomic E-state index is -4.69. The highest BCUT2D eigenvalue weighted by molar-refractivity contribution is 7.46. The van der Waals surface area contributed by atoms with E-state index in [4.69, 9.17) is 4.52 Å². The third kappa shape index (κ3) is 4.30. The molecule has 0 amide bonds. The van der Waals surface area contributed by atoms with E-state index in [0.717, 1.165) is 35.1 Å². The molecule has 2 N–H and O–H groups in total. The van der Waals surface area contributed by atoms with Crippen LogP contribution in [0.2, 0.25) is 0 Å². The van der Waals surface area contributed by atoms with Gasteiger partial charge < -0.3 is 4.52 Å². The number of aryl methyl sites for hydroxylation is 2. The molecule has 0 saturated carbocycles. The monoisotopic (exact) mass is 382 g/mol. The van der Waals surface area contributed by atoms with Gasteiger partial charge in [-0.3, -0.25) is 9.79 Å². The van der Waals surface area contributed by atoms with Crippen molar-refractivity contribution >= 4 is 7.82 Å². The van der Waals surface area contributed by atoms with Gasteiger partial charge in [-0.1, -0.05) is 74.5 Å². The summed E-state index contributed by atoms with van der Waals surface area (Å²) in [7, 11) is -4.69. The second-order valence-electron chi connectivity index (χ2n) is 6.28. The molecular weight excluding hydrogens is 359 g/mol. The maximum Gasteiger partial charge on any atom is 0.524 e. The van der Waals surface area contributed by atoms with Crippen molar-refractivity contribution in [3.63, 3.8) is 0 Å². The Kier molecular flexibility index (Phi) is 5.81. The molecule has 0 radical (unpaired) electrons. The van der Waals surface area contributed by atoms with E-state index < -0.39 is 7.82 Å². The van der Waals surface area contributed by atoms with Crippen LogP contribution in [0, 0.1) is 0 Å². The molecule has 0 aliphatic heterocycles. The number of hydrogen-bond donors (Lipinski definition) is 2. The summed E-state index contributed by atoms with van der Waals surface area (Å²) in [5.74, 6) is 0.188. The number of hydrogen-bond acceptors (Lipinski definition) is 2. The van der Waals surface area contributed by atoms with Crippen molar-refractivity contribution in [1.29, 1.82) is 0 Å². The third-order valence-electron chi connectivity index (χ3n) is 4.60. The average Bonchev–Trinajstić information content (AvgIpc) is 2.66. The minimum absolute atomic E-state index is 0.188. The molecule has 3 rings (SSSR count). The largest absolute Gasteiger partial charge is 0.524 e. The van der Waals surface area contributed by atoms with Gasteiger partial charge in [-0.2, -0.15) is 0 Å². The van der Waals surface area contributed by atoms with E-state index in [2.05, 4.69) is 19.9 Å². The fourth-order valence-electron chi connectivity index (χ4n) is 3.40. The predicted octanol–water partition coefficient (Wildman–Crippen LogP) is 5.62. The molecule has 0 atom stereocenters. The summed E-state index contributed by atoms with van der Waals surface area (Å²) in [5.41, 5.74) is 5.83. The molecule has 0 aliphatic rings. The van der Waals surface area contributed by atoms with Gasteiger partial charge in [0, 0.05) is 5.56 Å². The maximum absolute atomic E-state index is 11.6. The Labute approximate surface area is 159 Å². The van der Waals surface area contributed by atoms with E-state index >= 15 is 0 Å².